The summed E-state index contributed by atoms with van der Waals surface area (Å²) in [4.78, 5) is 18.4. The number of nitrogens with zero attached hydrogens (tertiary/aromatic N) is 3. The zero-order valence-corrected chi connectivity index (χ0v) is 21.8. The number of amides is 1. The van der Waals surface area contributed by atoms with E-state index in [0.29, 0.717) is 35.8 Å². The zero-order valence-electron chi connectivity index (χ0n) is 19.5. The molecule has 0 spiro atoms. The van der Waals surface area contributed by atoms with Crippen molar-refractivity contribution in [2.75, 3.05) is 26.8 Å². The number of halogens is 1. The molecule has 0 bridgehead atoms. The van der Waals surface area contributed by atoms with Crippen LogP contribution >= 0.6 is 22.9 Å². The Morgan fingerprint density at radius 3 is 2.44 bits per heavy atom. The third-order valence-electron chi connectivity index (χ3n) is 6.28. The van der Waals surface area contributed by atoms with Gasteiger partial charge in [0.15, 0.2) is 4.80 Å². The van der Waals surface area contributed by atoms with E-state index < -0.39 is 10.0 Å². The number of thiazole rings is 1. The lowest BCUT2D eigenvalue weighted by Crippen LogP contribution is -2.40. The quantitative estimate of drug-likeness (QED) is 0.488. The van der Waals surface area contributed by atoms with Crippen molar-refractivity contribution in [3.05, 3.63) is 57.3 Å². The second-order valence-corrected chi connectivity index (χ2v) is 11.9. The highest BCUT2D eigenvalue weighted by Crippen LogP contribution is 2.26. The first kappa shape index (κ1) is 25.1. The molecule has 0 saturated carbocycles. The Balaban J connectivity index is 1.54. The second-order valence-electron chi connectivity index (χ2n) is 8.52. The molecule has 1 aliphatic heterocycles. The molecule has 3 aromatic rings. The van der Waals surface area contributed by atoms with Crippen LogP contribution < -0.4 is 4.80 Å². The van der Waals surface area contributed by atoms with Gasteiger partial charge in [0.2, 0.25) is 10.0 Å². The minimum absolute atomic E-state index is 0.199. The number of methoxy groups -OCH3 is 1. The van der Waals surface area contributed by atoms with E-state index in [2.05, 4.69) is 31.0 Å². The third kappa shape index (κ3) is 5.13. The standard InChI is InChI=1S/C24H28ClN3O4S2/c1-16-14-21-22(15-17(16)2)33-24(28(21)12-13-32-3)26-23(29)18-8-10-27(11-9-18)34(30,31)20-6-4-19(25)5-7-20/h4-7,14-15,18H,8-13H2,1-3H3. The summed E-state index contributed by atoms with van der Waals surface area (Å²) >= 11 is 7.38. The van der Waals surface area contributed by atoms with Crippen LogP contribution in [-0.2, 0) is 26.1 Å². The van der Waals surface area contributed by atoms with Crippen molar-refractivity contribution in [3.63, 3.8) is 0 Å². The number of hydrogen-bond acceptors (Lipinski definition) is 5. The zero-order chi connectivity index (χ0) is 24.5. The van der Waals surface area contributed by atoms with E-state index in [-0.39, 0.29) is 29.8 Å². The second kappa shape index (κ2) is 10.3. The Bertz CT molecular complexity index is 1370. The molecule has 2 heterocycles. The number of fused-ring (bicyclic) bond motifs is 1. The highest BCUT2D eigenvalue weighted by atomic mass is 35.5. The van der Waals surface area contributed by atoms with Crippen LogP contribution in [0.1, 0.15) is 24.0 Å². The number of piperidine rings is 1. The summed E-state index contributed by atoms with van der Waals surface area (Å²) in [6, 6.07) is 10.4. The Labute approximate surface area is 208 Å². The molecular weight excluding hydrogens is 494 g/mol. The lowest BCUT2D eigenvalue weighted by Gasteiger charge is -2.29. The van der Waals surface area contributed by atoms with Crippen LogP contribution in [0.4, 0.5) is 0 Å². The molecule has 0 atom stereocenters. The van der Waals surface area contributed by atoms with Gasteiger partial charge in [0.05, 0.1) is 21.7 Å². The van der Waals surface area contributed by atoms with Crippen molar-refractivity contribution in [1.29, 1.82) is 0 Å². The van der Waals surface area contributed by atoms with Gasteiger partial charge in [0.1, 0.15) is 0 Å². The molecule has 1 aliphatic rings. The number of aryl methyl sites for hydroxylation is 2. The fraction of sp³-hybridized carbons (Fsp3) is 0.417. The van der Waals surface area contributed by atoms with E-state index in [1.165, 1.54) is 38.9 Å². The van der Waals surface area contributed by atoms with Gasteiger partial charge in [-0.1, -0.05) is 22.9 Å². The van der Waals surface area contributed by atoms with Crippen molar-refractivity contribution < 1.29 is 17.9 Å². The van der Waals surface area contributed by atoms with Crippen LogP contribution in [0.3, 0.4) is 0 Å². The average molecular weight is 522 g/mol. The Hall–Kier alpha value is -2.04. The maximum atomic E-state index is 13.1. The summed E-state index contributed by atoms with van der Waals surface area (Å²) in [7, 11) is -1.96. The van der Waals surface area contributed by atoms with Crippen molar-refractivity contribution >= 4 is 49.1 Å². The number of carbonyl (C=O) groups is 1. The molecule has 1 aromatic heterocycles. The molecule has 1 fully saturated rings. The lowest BCUT2D eigenvalue weighted by molar-refractivity contribution is -0.122. The van der Waals surface area contributed by atoms with Gasteiger partial charge < -0.3 is 9.30 Å². The molecule has 1 saturated heterocycles. The fourth-order valence-corrected chi connectivity index (χ4v) is 6.83. The predicted octanol–water partition coefficient (Wildman–Crippen LogP) is 4.15. The Kier molecular flexibility index (Phi) is 7.59. The van der Waals surface area contributed by atoms with E-state index in [4.69, 9.17) is 16.3 Å². The summed E-state index contributed by atoms with van der Waals surface area (Å²) in [6.45, 7) is 5.82. The van der Waals surface area contributed by atoms with Crippen molar-refractivity contribution in [3.8, 4) is 0 Å². The minimum Gasteiger partial charge on any atom is -0.383 e. The molecule has 0 N–H and O–H groups in total. The van der Waals surface area contributed by atoms with E-state index in [1.54, 1.807) is 19.2 Å². The van der Waals surface area contributed by atoms with Crippen molar-refractivity contribution in [2.24, 2.45) is 10.9 Å². The number of benzene rings is 2. The van der Waals surface area contributed by atoms with Gasteiger partial charge in [-0.2, -0.15) is 9.30 Å². The lowest BCUT2D eigenvalue weighted by atomic mass is 9.98. The van der Waals surface area contributed by atoms with Gasteiger partial charge in [-0.15, -0.1) is 0 Å². The maximum Gasteiger partial charge on any atom is 0.251 e. The van der Waals surface area contributed by atoms with Gasteiger partial charge in [-0.05, 0) is 74.2 Å². The summed E-state index contributed by atoms with van der Waals surface area (Å²) < 4.78 is 35.7. The number of ether oxygens (including phenoxy) is 1. The summed E-state index contributed by atoms with van der Waals surface area (Å²) in [5.74, 6) is -0.504. The molecule has 0 unspecified atom stereocenters. The van der Waals surface area contributed by atoms with Gasteiger partial charge in [0, 0.05) is 37.7 Å². The van der Waals surface area contributed by atoms with Crippen molar-refractivity contribution in [1.82, 2.24) is 8.87 Å². The summed E-state index contributed by atoms with van der Waals surface area (Å²) in [6.07, 6.45) is 0.882. The minimum atomic E-state index is -3.61. The number of hydrogen-bond donors (Lipinski definition) is 0. The van der Waals surface area contributed by atoms with Gasteiger partial charge in [0.25, 0.3) is 5.91 Å². The van der Waals surface area contributed by atoms with Crippen LogP contribution in [0.25, 0.3) is 10.2 Å². The molecule has 2 aromatic carbocycles. The average Bonchev–Trinajstić information content (AvgIpc) is 3.13. The van der Waals surface area contributed by atoms with Gasteiger partial charge in [-0.3, -0.25) is 4.79 Å². The molecule has 182 valence electrons. The normalized spacial score (nSPS) is 16.4. The van der Waals surface area contributed by atoms with Crippen LogP contribution in [-0.4, -0.2) is 50.0 Å². The van der Waals surface area contributed by atoms with E-state index in [1.807, 2.05) is 4.57 Å². The van der Waals surface area contributed by atoms with Crippen LogP contribution in [0.2, 0.25) is 5.02 Å². The molecule has 0 radical (unpaired) electrons. The first-order valence-electron chi connectivity index (χ1n) is 11.1. The van der Waals surface area contributed by atoms with E-state index in [9.17, 15) is 13.2 Å². The smallest absolute Gasteiger partial charge is 0.251 e. The van der Waals surface area contributed by atoms with Crippen LogP contribution in [0.5, 0.6) is 0 Å². The maximum absolute atomic E-state index is 13.1. The van der Waals surface area contributed by atoms with Gasteiger partial charge >= 0.3 is 0 Å². The Morgan fingerprint density at radius 2 is 1.79 bits per heavy atom. The van der Waals surface area contributed by atoms with E-state index in [0.717, 1.165) is 10.2 Å². The highest BCUT2D eigenvalue weighted by molar-refractivity contribution is 7.89. The number of aromatic nitrogens is 1. The SMILES string of the molecule is COCCn1c(=NC(=O)C2CCN(S(=O)(=O)c3ccc(Cl)cc3)CC2)sc2cc(C)c(C)cc21. The van der Waals surface area contributed by atoms with E-state index >= 15 is 0 Å². The van der Waals surface area contributed by atoms with Crippen molar-refractivity contribution in [2.45, 2.75) is 38.1 Å². The third-order valence-corrected chi connectivity index (χ3v) is 9.48. The molecule has 10 heteroatoms. The Morgan fingerprint density at radius 1 is 1.15 bits per heavy atom. The molecule has 7 nitrogen and oxygen atoms in total. The predicted molar refractivity (Wildman–Crippen MR) is 135 cm³/mol. The summed E-state index contributed by atoms with van der Waals surface area (Å²) in [5.41, 5.74) is 3.42. The fourth-order valence-electron chi connectivity index (χ4n) is 4.09. The van der Waals surface area contributed by atoms with Crippen LogP contribution in [0.15, 0.2) is 46.3 Å². The van der Waals surface area contributed by atoms with Crippen LogP contribution in [0, 0.1) is 19.8 Å². The first-order valence-corrected chi connectivity index (χ1v) is 13.8. The molecular formula is C24H28ClN3O4S2. The molecule has 34 heavy (non-hydrogen) atoms. The molecule has 0 aliphatic carbocycles. The number of rotatable bonds is 6. The monoisotopic (exact) mass is 521 g/mol. The summed E-state index contributed by atoms with van der Waals surface area (Å²) in [5, 5.41) is 0.485. The highest BCUT2D eigenvalue weighted by Gasteiger charge is 2.32. The molecule has 4 rings (SSSR count). The molecule has 1 amide bonds. The first-order chi connectivity index (χ1) is 16.2. The largest absolute Gasteiger partial charge is 0.383 e. The number of carbonyl (C=O) groups excluding carboxylic acids is 1. The number of sulfonamides is 1. The topological polar surface area (TPSA) is 81.0 Å². The van der Waals surface area contributed by atoms with Gasteiger partial charge in [-0.25, -0.2) is 8.42 Å².